The van der Waals surface area contributed by atoms with Crippen LogP contribution in [0.1, 0.15) is 86.0 Å². The van der Waals surface area contributed by atoms with Gasteiger partial charge >= 0.3 is 0 Å². The molecule has 0 aromatic carbocycles. The Bertz CT molecular complexity index is 750. The molecule has 0 aromatic rings. The zero-order chi connectivity index (χ0) is 21.2. The molecule has 0 radical (unpaired) electrons. The highest BCUT2D eigenvalue weighted by Crippen LogP contribution is 2.67. The summed E-state index contributed by atoms with van der Waals surface area (Å²) in [7, 11) is 0. The first-order chi connectivity index (χ1) is 13.4. The highest BCUT2D eigenvalue weighted by Gasteiger charge is 2.66. The lowest BCUT2D eigenvalue weighted by atomic mass is 9.46. The molecule has 0 aromatic heterocycles. The fourth-order valence-corrected chi connectivity index (χ4v) is 8.24. The molecule has 0 unspecified atom stereocenters. The number of Topliss-reactive ketones (excluding diaryl/α,β-unsaturated/α-hetero) is 1. The third-order valence-corrected chi connectivity index (χ3v) is 10.5. The number of carbonyl (C=O) groups is 2. The first kappa shape index (κ1) is 21.6. The van der Waals surface area contributed by atoms with Crippen molar-refractivity contribution in [1.82, 2.24) is 0 Å². The number of hydrogen-bond acceptors (Lipinski definition) is 4. The van der Waals surface area contributed by atoms with Crippen molar-refractivity contribution >= 4 is 23.3 Å². The first-order valence-electron chi connectivity index (χ1n) is 11.5. The number of fused-ring (bicyclic) bond motifs is 5. The molecule has 0 aliphatic heterocycles. The topological polar surface area (TPSA) is 54.4 Å². The number of thioether (sulfide) groups is 1. The third kappa shape index (κ3) is 3.28. The highest BCUT2D eigenvalue weighted by atomic mass is 32.2. The van der Waals surface area contributed by atoms with Crippen LogP contribution in [0.15, 0.2) is 11.6 Å². The van der Waals surface area contributed by atoms with Crippen molar-refractivity contribution in [3.63, 3.8) is 0 Å². The number of rotatable bonds is 3. The Morgan fingerprint density at radius 1 is 1.10 bits per heavy atom. The number of allylic oxidation sites excluding steroid dienone is 1. The Labute approximate surface area is 180 Å². The van der Waals surface area contributed by atoms with Crippen LogP contribution >= 0.6 is 11.8 Å². The first-order valence-corrected chi connectivity index (χ1v) is 12.5. The van der Waals surface area contributed by atoms with Gasteiger partial charge in [0.25, 0.3) is 0 Å². The van der Waals surface area contributed by atoms with E-state index in [4.69, 9.17) is 0 Å². The maximum atomic E-state index is 13.2. The minimum absolute atomic E-state index is 0.0295. The van der Waals surface area contributed by atoms with Gasteiger partial charge in [-0.05, 0) is 74.2 Å². The molecule has 29 heavy (non-hydrogen) atoms. The van der Waals surface area contributed by atoms with Crippen LogP contribution in [-0.2, 0) is 9.59 Å². The summed E-state index contributed by atoms with van der Waals surface area (Å²) in [5, 5.41) is 11.7. The van der Waals surface area contributed by atoms with E-state index in [1.807, 2.05) is 6.08 Å². The summed E-state index contributed by atoms with van der Waals surface area (Å²) in [4.78, 5) is 25.2. The fourth-order valence-electron chi connectivity index (χ4n) is 7.43. The molecule has 3 fully saturated rings. The molecule has 4 heteroatoms. The highest BCUT2D eigenvalue weighted by molar-refractivity contribution is 8.01. The third-order valence-electron chi connectivity index (χ3n) is 9.21. The van der Waals surface area contributed by atoms with Crippen molar-refractivity contribution < 1.29 is 14.7 Å². The second-order valence-corrected chi connectivity index (χ2v) is 13.5. The van der Waals surface area contributed by atoms with Gasteiger partial charge in [-0.2, -0.15) is 0 Å². The van der Waals surface area contributed by atoms with Crippen molar-refractivity contribution in [1.29, 1.82) is 0 Å². The van der Waals surface area contributed by atoms with Crippen molar-refractivity contribution in [3.8, 4) is 0 Å². The molecule has 1 N–H and O–H groups in total. The quantitative estimate of drug-likeness (QED) is 0.671. The number of carbonyl (C=O) groups excluding carboxylic acids is 2. The zero-order valence-corrected chi connectivity index (χ0v) is 19.7. The van der Waals surface area contributed by atoms with Gasteiger partial charge < -0.3 is 5.11 Å². The van der Waals surface area contributed by atoms with Gasteiger partial charge in [0.2, 0.25) is 0 Å². The zero-order valence-electron chi connectivity index (χ0n) is 18.8. The lowest BCUT2D eigenvalue weighted by Gasteiger charge is -2.58. The van der Waals surface area contributed by atoms with Crippen LogP contribution in [0, 0.1) is 28.6 Å². The number of hydrogen-bond donors (Lipinski definition) is 1. The molecule has 0 saturated heterocycles. The SMILES string of the molecule is CC(C)(C)SCC(=O)[C@@]1(O)CC[C@H]2[C@H]3CCC4=CC(=O)CC[C@]4(C)[C@@H]3CC[C@@]21C. The Morgan fingerprint density at radius 2 is 1.79 bits per heavy atom. The van der Waals surface area contributed by atoms with E-state index in [0.29, 0.717) is 42.1 Å². The summed E-state index contributed by atoms with van der Waals surface area (Å²) in [6.07, 6.45) is 9.33. The van der Waals surface area contributed by atoms with Crippen molar-refractivity contribution in [2.75, 3.05) is 5.75 Å². The van der Waals surface area contributed by atoms with Crippen LogP contribution in [-0.4, -0.2) is 32.8 Å². The molecule has 162 valence electrons. The molecular formula is C25H38O3S. The van der Waals surface area contributed by atoms with Gasteiger partial charge in [-0.25, -0.2) is 0 Å². The molecule has 0 spiro atoms. The fraction of sp³-hybridized carbons (Fsp3) is 0.840. The lowest BCUT2D eigenvalue weighted by molar-refractivity contribution is -0.159. The van der Waals surface area contributed by atoms with Crippen LogP contribution in [0.25, 0.3) is 0 Å². The molecule has 3 saturated carbocycles. The smallest absolute Gasteiger partial charge is 0.174 e. The molecule has 4 aliphatic carbocycles. The van der Waals surface area contributed by atoms with E-state index in [0.717, 1.165) is 38.5 Å². The van der Waals surface area contributed by atoms with E-state index in [1.54, 1.807) is 11.8 Å². The molecule has 0 heterocycles. The lowest BCUT2D eigenvalue weighted by Crippen LogP contribution is -2.58. The van der Waals surface area contributed by atoms with E-state index in [2.05, 4.69) is 34.6 Å². The second kappa shape index (κ2) is 6.95. The molecule has 6 atom stereocenters. The normalized spacial score (nSPS) is 44.6. The Hall–Kier alpha value is -0.610. The summed E-state index contributed by atoms with van der Waals surface area (Å²) in [5.74, 6) is 2.34. The Balaban J connectivity index is 1.58. The minimum Gasteiger partial charge on any atom is -0.381 e. The molecule has 4 aliphatic rings. The van der Waals surface area contributed by atoms with Gasteiger partial charge in [-0.3, -0.25) is 9.59 Å². The summed E-state index contributed by atoms with van der Waals surface area (Å²) >= 11 is 1.65. The monoisotopic (exact) mass is 418 g/mol. The van der Waals surface area contributed by atoms with Crippen LogP contribution in [0.5, 0.6) is 0 Å². The van der Waals surface area contributed by atoms with Crippen molar-refractivity contribution in [3.05, 3.63) is 11.6 Å². The van der Waals surface area contributed by atoms with E-state index >= 15 is 0 Å². The maximum Gasteiger partial charge on any atom is 0.174 e. The largest absolute Gasteiger partial charge is 0.381 e. The average Bonchev–Trinajstić information content (AvgIpc) is 2.92. The number of ketones is 2. The van der Waals surface area contributed by atoms with Gasteiger partial charge in [0.15, 0.2) is 11.6 Å². The van der Waals surface area contributed by atoms with Crippen LogP contribution < -0.4 is 0 Å². The average molecular weight is 419 g/mol. The molecule has 4 rings (SSSR count). The van der Waals surface area contributed by atoms with Gasteiger partial charge in [0, 0.05) is 16.6 Å². The van der Waals surface area contributed by atoms with Gasteiger partial charge in [-0.1, -0.05) is 40.2 Å². The van der Waals surface area contributed by atoms with E-state index in [-0.39, 0.29) is 21.4 Å². The van der Waals surface area contributed by atoms with E-state index < -0.39 is 5.60 Å². The van der Waals surface area contributed by atoms with E-state index in [1.165, 1.54) is 5.57 Å². The molecule has 3 nitrogen and oxygen atoms in total. The number of aliphatic hydroxyl groups is 1. The molecular weight excluding hydrogens is 380 g/mol. The van der Waals surface area contributed by atoms with Gasteiger partial charge in [-0.15, -0.1) is 11.8 Å². The van der Waals surface area contributed by atoms with Crippen molar-refractivity contribution in [2.24, 2.45) is 28.6 Å². The maximum absolute atomic E-state index is 13.2. The summed E-state index contributed by atoms with van der Waals surface area (Å²) in [5.41, 5.74) is 0.0569. The predicted octanol–water partition coefficient (Wildman–Crippen LogP) is 5.35. The summed E-state index contributed by atoms with van der Waals surface area (Å²) in [6, 6.07) is 0. The predicted molar refractivity (Wildman–Crippen MR) is 119 cm³/mol. The Kier molecular flexibility index (Phi) is 5.18. The van der Waals surface area contributed by atoms with Gasteiger partial charge in [0.1, 0.15) is 5.60 Å². The van der Waals surface area contributed by atoms with Crippen LogP contribution in [0.2, 0.25) is 0 Å². The summed E-state index contributed by atoms with van der Waals surface area (Å²) < 4.78 is 0.0295. The van der Waals surface area contributed by atoms with Gasteiger partial charge in [0.05, 0.1) is 5.75 Å². The molecule has 0 bridgehead atoms. The van der Waals surface area contributed by atoms with E-state index in [9.17, 15) is 14.7 Å². The second-order valence-electron chi connectivity index (χ2n) is 11.6. The van der Waals surface area contributed by atoms with Crippen LogP contribution in [0.4, 0.5) is 0 Å². The van der Waals surface area contributed by atoms with Crippen LogP contribution in [0.3, 0.4) is 0 Å². The standard InChI is InChI=1S/C25H38O3S/c1-22(2,3)29-15-21(27)25(28)13-10-20-18-7-6-16-14-17(26)8-11-23(16,4)19(18)9-12-24(20,25)5/h14,18-20,28H,6-13,15H2,1-5H3/t18-,19+,20-,23-,24-,25-/m0/s1. The molecule has 0 amide bonds. The Morgan fingerprint density at radius 3 is 2.48 bits per heavy atom. The minimum atomic E-state index is -1.17. The summed E-state index contributed by atoms with van der Waals surface area (Å²) in [6.45, 7) is 11.0. The van der Waals surface area contributed by atoms with Crippen molar-refractivity contribution in [2.45, 2.75) is 96.3 Å².